The highest BCUT2D eigenvalue weighted by Crippen LogP contribution is 2.44. The number of furan rings is 2. The number of hydrogen-bond acceptors (Lipinski definition) is 4. The first-order valence-corrected chi connectivity index (χ1v) is 15.6. The molecular formula is C40H23NO2S. The molecule has 206 valence electrons. The molecule has 0 aliphatic carbocycles. The van der Waals surface area contributed by atoms with Crippen LogP contribution in [0.5, 0.6) is 0 Å². The summed E-state index contributed by atoms with van der Waals surface area (Å²) >= 11 is 1.86. The predicted octanol–water partition coefficient (Wildman–Crippen LogP) is 12.5. The van der Waals surface area contributed by atoms with E-state index in [1.165, 1.54) is 30.9 Å². The number of fused-ring (bicyclic) bond motifs is 11. The van der Waals surface area contributed by atoms with Gasteiger partial charge in [0.15, 0.2) is 0 Å². The highest BCUT2D eigenvalue weighted by Gasteiger charge is 2.18. The number of nitrogens with zero attached hydrogens (tertiary/aromatic N) is 1. The molecule has 3 nitrogen and oxygen atoms in total. The van der Waals surface area contributed by atoms with Gasteiger partial charge in [-0.25, -0.2) is 0 Å². The summed E-state index contributed by atoms with van der Waals surface area (Å²) in [4.78, 5) is 2.35. The molecule has 0 amide bonds. The number of para-hydroxylation sites is 2. The summed E-state index contributed by atoms with van der Waals surface area (Å²) in [5.41, 5.74) is 6.80. The van der Waals surface area contributed by atoms with Crippen LogP contribution in [-0.2, 0) is 0 Å². The largest absolute Gasteiger partial charge is 0.456 e. The third kappa shape index (κ3) is 3.43. The molecule has 3 heterocycles. The standard InChI is InChI=1S/C40H23NO2S/c1-4-10-34-29(7-1)32-22-26(15-18-36(32)42-34)41(27-16-19-37-33(23-27)30-8-2-5-11-35(30)43-37)25-14-17-28-24(21-25)13-20-39-40(28)31-9-3-6-12-38(31)44-39/h1-23H. The van der Waals surface area contributed by atoms with Gasteiger partial charge in [0.25, 0.3) is 0 Å². The van der Waals surface area contributed by atoms with Crippen LogP contribution in [0.1, 0.15) is 0 Å². The molecule has 0 saturated heterocycles. The molecule has 7 aromatic carbocycles. The van der Waals surface area contributed by atoms with Crippen LogP contribution >= 0.6 is 11.3 Å². The van der Waals surface area contributed by atoms with Gasteiger partial charge in [0, 0.05) is 58.8 Å². The number of rotatable bonds is 3. The van der Waals surface area contributed by atoms with E-state index in [-0.39, 0.29) is 0 Å². The lowest BCUT2D eigenvalue weighted by atomic mass is 10.0. The first-order valence-electron chi connectivity index (χ1n) is 14.8. The quantitative estimate of drug-likeness (QED) is 0.208. The number of benzene rings is 7. The topological polar surface area (TPSA) is 29.5 Å². The molecule has 10 rings (SSSR count). The van der Waals surface area contributed by atoms with Crippen molar-refractivity contribution in [1.29, 1.82) is 0 Å². The maximum atomic E-state index is 6.19. The Morgan fingerprint density at radius 3 is 1.61 bits per heavy atom. The summed E-state index contributed by atoms with van der Waals surface area (Å²) in [6.45, 7) is 0. The van der Waals surface area contributed by atoms with Crippen molar-refractivity contribution in [3.05, 3.63) is 140 Å². The van der Waals surface area contributed by atoms with E-state index in [4.69, 9.17) is 8.83 Å². The van der Waals surface area contributed by atoms with E-state index in [0.29, 0.717) is 0 Å². The Morgan fingerprint density at radius 2 is 0.932 bits per heavy atom. The molecule has 0 atom stereocenters. The average Bonchev–Trinajstić information content (AvgIpc) is 3.76. The Hall–Kier alpha value is -5.58. The second kappa shape index (κ2) is 8.96. The van der Waals surface area contributed by atoms with Gasteiger partial charge in [-0.3, -0.25) is 0 Å². The zero-order chi connectivity index (χ0) is 28.8. The van der Waals surface area contributed by atoms with E-state index in [1.54, 1.807) is 0 Å². The van der Waals surface area contributed by atoms with Crippen LogP contribution in [0.2, 0.25) is 0 Å². The predicted molar refractivity (Wildman–Crippen MR) is 186 cm³/mol. The summed E-state index contributed by atoms with van der Waals surface area (Å²) in [5, 5.41) is 9.58. The molecule has 44 heavy (non-hydrogen) atoms. The summed E-state index contributed by atoms with van der Waals surface area (Å²) in [6.07, 6.45) is 0. The van der Waals surface area contributed by atoms with Gasteiger partial charge in [0.1, 0.15) is 22.3 Å². The Kier molecular flexibility index (Phi) is 4.87. The zero-order valence-electron chi connectivity index (χ0n) is 23.5. The van der Waals surface area contributed by atoms with Crippen molar-refractivity contribution in [2.24, 2.45) is 0 Å². The fourth-order valence-corrected chi connectivity index (χ4v) is 7.95. The number of thiophene rings is 1. The van der Waals surface area contributed by atoms with Gasteiger partial charge in [0.2, 0.25) is 0 Å². The van der Waals surface area contributed by atoms with Crippen LogP contribution in [0.4, 0.5) is 17.1 Å². The van der Waals surface area contributed by atoms with Gasteiger partial charge in [-0.1, -0.05) is 66.7 Å². The molecule has 3 aromatic heterocycles. The molecule has 0 bridgehead atoms. The van der Waals surface area contributed by atoms with E-state index in [0.717, 1.165) is 60.9 Å². The molecule has 0 saturated carbocycles. The number of hydrogen-bond donors (Lipinski definition) is 0. The van der Waals surface area contributed by atoms with Crippen LogP contribution in [-0.4, -0.2) is 0 Å². The van der Waals surface area contributed by atoms with Crippen molar-refractivity contribution < 1.29 is 8.83 Å². The van der Waals surface area contributed by atoms with E-state index < -0.39 is 0 Å². The van der Waals surface area contributed by atoms with E-state index in [9.17, 15) is 0 Å². The van der Waals surface area contributed by atoms with Crippen LogP contribution in [0.15, 0.2) is 148 Å². The fraction of sp³-hybridized carbons (Fsp3) is 0. The summed E-state index contributed by atoms with van der Waals surface area (Å²) in [7, 11) is 0. The zero-order valence-corrected chi connectivity index (χ0v) is 24.3. The van der Waals surface area contributed by atoms with Gasteiger partial charge in [-0.2, -0.15) is 0 Å². The molecule has 0 fully saturated rings. The third-order valence-electron chi connectivity index (χ3n) is 8.84. The molecule has 0 N–H and O–H groups in total. The second-order valence-corrected chi connectivity index (χ2v) is 12.4. The van der Waals surface area contributed by atoms with E-state index >= 15 is 0 Å². The highest BCUT2D eigenvalue weighted by molar-refractivity contribution is 7.26. The fourth-order valence-electron chi connectivity index (χ4n) is 6.83. The lowest BCUT2D eigenvalue weighted by Crippen LogP contribution is -2.09. The first-order chi connectivity index (χ1) is 21.8. The Morgan fingerprint density at radius 1 is 0.386 bits per heavy atom. The van der Waals surface area contributed by atoms with E-state index in [1.807, 2.05) is 35.6 Å². The lowest BCUT2D eigenvalue weighted by Gasteiger charge is -2.26. The Balaban J connectivity index is 1.23. The summed E-state index contributed by atoms with van der Waals surface area (Å²) in [5.74, 6) is 0. The molecule has 0 aliphatic rings. The molecule has 0 unspecified atom stereocenters. The normalized spacial score (nSPS) is 12.1. The SMILES string of the molecule is c1ccc2c(c1)oc1ccc(N(c3ccc4c(ccc5sc6ccccc6c54)c3)c3ccc4oc5ccccc5c4c3)cc12. The van der Waals surface area contributed by atoms with Gasteiger partial charge < -0.3 is 13.7 Å². The number of anilines is 3. The van der Waals surface area contributed by atoms with Crippen molar-refractivity contribution in [3.8, 4) is 0 Å². The smallest absolute Gasteiger partial charge is 0.135 e. The van der Waals surface area contributed by atoms with Crippen molar-refractivity contribution >= 4 is 103 Å². The molecule has 0 aliphatic heterocycles. The molecule has 0 spiro atoms. The minimum atomic E-state index is 0.886. The van der Waals surface area contributed by atoms with Gasteiger partial charge in [-0.05, 0) is 83.6 Å². The van der Waals surface area contributed by atoms with Gasteiger partial charge >= 0.3 is 0 Å². The lowest BCUT2D eigenvalue weighted by molar-refractivity contribution is 0.668. The summed E-state index contributed by atoms with van der Waals surface area (Å²) < 4.78 is 15.0. The van der Waals surface area contributed by atoms with Gasteiger partial charge in [-0.15, -0.1) is 11.3 Å². The average molecular weight is 582 g/mol. The minimum absolute atomic E-state index is 0.886. The highest BCUT2D eigenvalue weighted by atomic mass is 32.1. The maximum absolute atomic E-state index is 6.19. The van der Waals surface area contributed by atoms with Crippen LogP contribution in [0, 0.1) is 0 Å². The molecule has 0 radical (unpaired) electrons. The Labute approximate surface area is 255 Å². The second-order valence-electron chi connectivity index (χ2n) is 11.3. The van der Waals surface area contributed by atoms with Crippen LogP contribution in [0.3, 0.4) is 0 Å². The van der Waals surface area contributed by atoms with Crippen molar-refractivity contribution in [2.45, 2.75) is 0 Å². The monoisotopic (exact) mass is 581 g/mol. The molecule has 10 aromatic rings. The van der Waals surface area contributed by atoms with Crippen LogP contribution in [0.25, 0.3) is 74.8 Å². The van der Waals surface area contributed by atoms with Gasteiger partial charge in [0.05, 0.1) is 0 Å². The first kappa shape index (κ1) is 23.9. The molecule has 4 heteroatoms. The Bertz CT molecular complexity index is 2630. The van der Waals surface area contributed by atoms with Crippen molar-refractivity contribution in [2.75, 3.05) is 4.90 Å². The minimum Gasteiger partial charge on any atom is -0.456 e. The molecular weight excluding hydrogens is 559 g/mol. The van der Waals surface area contributed by atoms with Crippen LogP contribution < -0.4 is 4.90 Å². The summed E-state index contributed by atoms with van der Waals surface area (Å²) in [6, 6.07) is 49.6. The van der Waals surface area contributed by atoms with E-state index in [2.05, 4.69) is 120 Å². The maximum Gasteiger partial charge on any atom is 0.135 e. The van der Waals surface area contributed by atoms with Crippen molar-refractivity contribution in [1.82, 2.24) is 0 Å². The third-order valence-corrected chi connectivity index (χ3v) is 9.97. The van der Waals surface area contributed by atoms with Crippen molar-refractivity contribution in [3.63, 3.8) is 0 Å².